The summed E-state index contributed by atoms with van der Waals surface area (Å²) in [6.45, 7) is 4.83. The first kappa shape index (κ1) is 20.1. The van der Waals surface area contributed by atoms with Gasteiger partial charge in [0, 0.05) is 12.4 Å². The van der Waals surface area contributed by atoms with Gasteiger partial charge in [-0.3, -0.25) is 4.98 Å². The minimum absolute atomic E-state index is 0.389. The first-order valence-corrected chi connectivity index (χ1v) is 11.2. The molecule has 1 aromatic heterocycles. The van der Waals surface area contributed by atoms with Gasteiger partial charge in [0.1, 0.15) is 0 Å². The topological polar surface area (TPSA) is 12.9 Å². The molecule has 1 saturated carbocycles. The molecule has 146 valence electrons. The summed E-state index contributed by atoms with van der Waals surface area (Å²) in [5, 5.41) is 0. The molecule has 1 aromatic carbocycles. The van der Waals surface area contributed by atoms with Crippen molar-refractivity contribution in [1.82, 2.24) is 4.98 Å². The molecule has 0 saturated heterocycles. The molecule has 0 amide bonds. The Hall–Kier alpha value is -1.63. The molecule has 1 nitrogen and oxygen atoms in total. The van der Waals surface area contributed by atoms with E-state index in [-0.39, 0.29) is 0 Å². The van der Waals surface area contributed by atoms with Crippen molar-refractivity contribution in [2.75, 3.05) is 0 Å². The third-order valence-corrected chi connectivity index (χ3v) is 6.94. The molecule has 1 aliphatic rings. The van der Waals surface area contributed by atoms with Gasteiger partial charge in [-0.15, -0.1) is 0 Å². The van der Waals surface area contributed by atoms with Crippen LogP contribution in [0.4, 0.5) is 0 Å². The highest BCUT2D eigenvalue weighted by Crippen LogP contribution is 2.48. The highest BCUT2D eigenvalue weighted by atomic mass is 14.6. The molecule has 1 heterocycles. The third-order valence-electron chi connectivity index (χ3n) is 6.94. The van der Waals surface area contributed by atoms with E-state index in [4.69, 9.17) is 0 Å². The summed E-state index contributed by atoms with van der Waals surface area (Å²) in [6.07, 6.45) is 17.3. The second-order valence-corrected chi connectivity index (χ2v) is 8.79. The lowest BCUT2D eigenvalue weighted by atomic mass is 9.62. The summed E-state index contributed by atoms with van der Waals surface area (Å²) in [5.74, 6) is 1.69. The van der Waals surface area contributed by atoms with Crippen LogP contribution in [0.15, 0.2) is 54.9 Å². The minimum atomic E-state index is 0.389. The SMILES string of the molecule is CCCC(CCCc1ccncc1)C1(c2ccccc2)CCCC(C)CC1. The zero-order valence-corrected chi connectivity index (χ0v) is 17.4. The zero-order chi connectivity index (χ0) is 19.0. The van der Waals surface area contributed by atoms with Gasteiger partial charge in [0.25, 0.3) is 0 Å². The van der Waals surface area contributed by atoms with Crippen molar-refractivity contribution in [2.24, 2.45) is 11.8 Å². The Kier molecular flexibility index (Phi) is 7.50. The van der Waals surface area contributed by atoms with Gasteiger partial charge in [-0.2, -0.15) is 0 Å². The number of nitrogens with zero attached hydrogens (tertiary/aromatic N) is 1. The van der Waals surface area contributed by atoms with Crippen LogP contribution in [0.25, 0.3) is 0 Å². The van der Waals surface area contributed by atoms with Gasteiger partial charge in [-0.1, -0.05) is 63.4 Å². The summed E-state index contributed by atoms with van der Waals surface area (Å²) < 4.78 is 0. The van der Waals surface area contributed by atoms with Gasteiger partial charge < -0.3 is 0 Å². The van der Waals surface area contributed by atoms with Crippen molar-refractivity contribution >= 4 is 0 Å². The van der Waals surface area contributed by atoms with E-state index in [1.165, 1.54) is 69.8 Å². The second kappa shape index (κ2) is 10.1. The average Bonchev–Trinajstić information content (AvgIpc) is 2.91. The number of pyridine rings is 1. The van der Waals surface area contributed by atoms with Crippen LogP contribution < -0.4 is 0 Å². The molecule has 0 radical (unpaired) electrons. The quantitative estimate of drug-likeness (QED) is 0.446. The Morgan fingerprint density at radius 1 is 1.00 bits per heavy atom. The highest BCUT2D eigenvalue weighted by molar-refractivity contribution is 5.27. The van der Waals surface area contributed by atoms with Gasteiger partial charge in [0.15, 0.2) is 0 Å². The first-order chi connectivity index (χ1) is 13.2. The molecule has 27 heavy (non-hydrogen) atoms. The molecule has 1 heteroatoms. The summed E-state index contributed by atoms with van der Waals surface area (Å²) in [4.78, 5) is 4.16. The molecule has 1 aliphatic carbocycles. The van der Waals surface area contributed by atoms with Gasteiger partial charge in [0.2, 0.25) is 0 Å². The van der Waals surface area contributed by atoms with Crippen LogP contribution in [0.5, 0.6) is 0 Å². The number of rotatable bonds is 8. The minimum Gasteiger partial charge on any atom is -0.265 e. The van der Waals surface area contributed by atoms with Gasteiger partial charge in [-0.25, -0.2) is 0 Å². The van der Waals surface area contributed by atoms with Crippen LogP contribution >= 0.6 is 0 Å². The van der Waals surface area contributed by atoms with Crippen LogP contribution in [0.2, 0.25) is 0 Å². The predicted octanol–water partition coefficient (Wildman–Crippen LogP) is 7.36. The zero-order valence-electron chi connectivity index (χ0n) is 17.4. The molecule has 0 aliphatic heterocycles. The fraction of sp³-hybridized carbons (Fsp3) is 0.577. The first-order valence-electron chi connectivity index (χ1n) is 11.2. The molecule has 3 atom stereocenters. The van der Waals surface area contributed by atoms with E-state index in [9.17, 15) is 0 Å². The van der Waals surface area contributed by atoms with E-state index in [1.807, 2.05) is 12.4 Å². The third kappa shape index (κ3) is 5.21. The van der Waals surface area contributed by atoms with E-state index < -0.39 is 0 Å². The average molecular weight is 364 g/mol. The van der Waals surface area contributed by atoms with E-state index in [0.29, 0.717) is 5.41 Å². The molecule has 3 unspecified atom stereocenters. The predicted molar refractivity (Wildman–Crippen MR) is 116 cm³/mol. The van der Waals surface area contributed by atoms with Crippen molar-refractivity contribution in [3.8, 4) is 0 Å². The Bertz CT molecular complexity index is 650. The molecule has 0 N–H and O–H groups in total. The monoisotopic (exact) mass is 363 g/mol. The molecule has 1 fully saturated rings. The molecule has 0 spiro atoms. The number of hydrogen-bond donors (Lipinski definition) is 0. The van der Waals surface area contributed by atoms with Crippen LogP contribution in [0.1, 0.15) is 82.8 Å². The molecular weight excluding hydrogens is 326 g/mol. The van der Waals surface area contributed by atoms with E-state index >= 15 is 0 Å². The Morgan fingerprint density at radius 2 is 1.78 bits per heavy atom. The van der Waals surface area contributed by atoms with E-state index in [1.54, 1.807) is 5.56 Å². The van der Waals surface area contributed by atoms with Crippen LogP contribution in [0, 0.1) is 11.8 Å². The Labute approximate surface area is 166 Å². The number of aryl methyl sites for hydroxylation is 1. The Balaban J connectivity index is 1.80. The lowest BCUT2D eigenvalue weighted by Crippen LogP contribution is -2.35. The smallest absolute Gasteiger partial charge is 0.0270 e. The maximum atomic E-state index is 4.16. The normalized spacial score (nSPS) is 24.3. The van der Waals surface area contributed by atoms with Crippen molar-refractivity contribution in [2.45, 2.75) is 83.5 Å². The highest BCUT2D eigenvalue weighted by Gasteiger charge is 2.40. The molecule has 2 aromatic rings. The lowest BCUT2D eigenvalue weighted by Gasteiger charge is -2.42. The summed E-state index contributed by atoms with van der Waals surface area (Å²) >= 11 is 0. The standard InChI is InChI=1S/C26H37N/c1-3-9-24(14-7-11-23-16-20-27-21-17-23)26(25-12-5-4-6-13-25)18-8-10-22(2)15-19-26/h4-6,12-13,16-17,20-22,24H,3,7-11,14-15,18-19H2,1-2H3. The molecular formula is C26H37N. The van der Waals surface area contributed by atoms with Crippen LogP contribution in [-0.2, 0) is 11.8 Å². The number of aromatic nitrogens is 1. The second-order valence-electron chi connectivity index (χ2n) is 8.79. The maximum Gasteiger partial charge on any atom is 0.0270 e. The van der Waals surface area contributed by atoms with Crippen LogP contribution in [0.3, 0.4) is 0 Å². The van der Waals surface area contributed by atoms with Gasteiger partial charge in [0.05, 0.1) is 0 Å². The summed E-state index contributed by atoms with van der Waals surface area (Å²) in [5.41, 5.74) is 3.44. The summed E-state index contributed by atoms with van der Waals surface area (Å²) in [6, 6.07) is 15.9. The van der Waals surface area contributed by atoms with Crippen molar-refractivity contribution in [3.63, 3.8) is 0 Å². The number of benzene rings is 1. The van der Waals surface area contributed by atoms with Crippen molar-refractivity contribution in [3.05, 3.63) is 66.0 Å². The van der Waals surface area contributed by atoms with E-state index in [0.717, 1.165) is 11.8 Å². The maximum absolute atomic E-state index is 4.16. The fourth-order valence-electron chi connectivity index (χ4n) is 5.39. The van der Waals surface area contributed by atoms with Crippen molar-refractivity contribution in [1.29, 1.82) is 0 Å². The van der Waals surface area contributed by atoms with E-state index in [2.05, 4.69) is 61.3 Å². The molecule has 0 bridgehead atoms. The largest absolute Gasteiger partial charge is 0.265 e. The summed E-state index contributed by atoms with van der Waals surface area (Å²) in [7, 11) is 0. The Morgan fingerprint density at radius 3 is 2.52 bits per heavy atom. The fourth-order valence-corrected chi connectivity index (χ4v) is 5.39. The number of hydrogen-bond acceptors (Lipinski definition) is 1. The molecule has 3 rings (SSSR count). The van der Waals surface area contributed by atoms with Gasteiger partial charge >= 0.3 is 0 Å². The van der Waals surface area contributed by atoms with Crippen molar-refractivity contribution < 1.29 is 0 Å². The lowest BCUT2D eigenvalue weighted by molar-refractivity contribution is 0.200. The van der Waals surface area contributed by atoms with Crippen LogP contribution in [-0.4, -0.2) is 4.98 Å². The van der Waals surface area contributed by atoms with Gasteiger partial charge in [-0.05, 0) is 85.5 Å².